The lowest BCUT2D eigenvalue weighted by atomic mass is 9.94. The van der Waals surface area contributed by atoms with Gasteiger partial charge in [0.05, 0.1) is 12.6 Å². The van der Waals surface area contributed by atoms with Crippen molar-refractivity contribution in [3.63, 3.8) is 0 Å². The van der Waals surface area contributed by atoms with Crippen molar-refractivity contribution in [3.05, 3.63) is 35.9 Å². The van der Waals surface area contributed by atoms with Gasteiger partial charge in [0.2, 0.25) is 59.1 Å². The van der Waals surface area contributed by atoms with Crippen molar-refractivity contribution < 1.29 is 62.6 Å². The second-order valence-electron chi connectivity index (χ2n) is 21.6. The van der Waals surface area contributed by atoms with Gasteiger partial charge in [0.15, 0.2) is 0 Å². The lowest BCUT2D eigenvalue weighted by Crippen LogP contribution is -2.64. The molecule has 0 aliphatic carbocycles. The Hall–Kier alpha value is -6.85. The molecule has 474 valence electrons. The standard InChI is InChI=1S/C56H97N15O13/c1-11-29(5)41(67-47(74)36(61-10)24-34-20-16-15-17-21-34)53(80)66-40(28-72)51(78)63-38(26-59)49(76)68-43(31(7)13-3)54(81)69-42(30(6)12-2)52(79)64-39(27-60)50(77)71-45-33(9)84-56(83)44(32(8)14-4)70-46(73)35(22-18-19-23-57)62-48(75)37(25-58)65-55(45)82/h15-17,20-21,29-33,35-45,61,72H,11-14,18-19,22-28,57-60H2,1-10H3,(H,62,75)(H,63,78)(H,64,79)(H,65,82)(H,66,80)(H,67,74)(H,68,76)(H,69,81)(H,70,73)(H,71,77)/t29-,30-,31-,32-,33-,35-,36+,37-,38+,39-,40-,41-,42-,43+,44-,45+/m0/s1. The van der Waals surface area contributed by atoms with Crippen LogP contribution >= 0.6 is 0 Å². The number of cyclic esters (lactones) is 1. The molecule has 0 aromatic heterocycles. The highest BCUT2D eigenvalue weighted by Gasteiger charge is 2.41. The van der Waals surface area contributed by atoms with Crippen LogP contribution in [-0.2, 0) is 63.9 Å². The minimum atomic E-state index is -1.73. The van der Waals surface area contributed by atoms with Crippen molar-refractivity contribution in [2.75, 3.05) is 39.8 Å². The normalized spacial score (nSPS) is 21.6. The second kappa shape index (κ2) is 37.5. The number of carbonyl (C=O) groups excluding carboxylic acids is 11. The van der Waals surface area contributed by atoms with E-state index in [1.54, 1.807) is 55.5 Å². The van der Waals surface area contributed by atoms with Gasteiger partial charge in [-0.2, -0.15) is 0 Å². The number of rotatable bonds is 33. The van der Waals surface area contributed by atoms with E-state index >= 15 is 0 Å². The first-order valence-corrected chi connectivity index (χ1v) is 29.2. The molecular weight excluding hydrogens is 1090 g/mol. The Labute approximate surface area is 493 Å². The third-order valence-corrected chi connectivity index (χ3v) is 15.4. The third-order valence-electron chi connectivity index (χ3n) is 15.4. The Morgan fingerprint density at radius 2 is 1.02 bits per heavy atom. The molecular formula is C56H97N15O13. The van der Waals surface area contributed by atoms with Gasteiger partial charge in [0.25, 0.3) is 0 Å². The highest BCUT2D eigenvalue weighted by molar-refractivity contribution is 5.99. The van der Waals surface area contributed by atoms with Crippen LogP contribution in [0.4, 0.5) is 0 Å². The van der Waals surface area contributed by atoms with Crippen molar-refractivity contribution in [1.29, 1.82) is 0 Å². The van der Waals surface area contributed by atoms with Crippen LogP contribution in [0.5, 0.6) is 0 Å². The Morgan fingerprint density at radius 1 is 0.571 bits per heavy atom. The SMILES string of the molecule is CC[C@H](C)[C@H](NC(=O)[C@@H](Cc1ccccc1)NC)C(=O)N[C@@H](CO)C(=O)N[C@H](CN)C(=O)N[C@@H](C(=O)N[C@H](C(=O)N[C@@H](CN)C(=O)N[C@H]1C(=O)N[C@@H](CN)C(=O)N[C@@H](CCCCN)C(=O)N[C@@H]([C@@H](C)CC)C(=O)O[C@H]1C)[C@@H](C)CC)[C@@H](C)CC. The number of likely N-dealkylation sites (N-methyl/N-ethyl adjacent to an activating group) is 1. The topological polar surface area (TPSA) is 454 Å². The van der Waals surface area contributed by atoms with Crippen molar-refractivity contribution in [2.45, 2.75) is 186 Å². The van der Waals surface area contributed by atoms with E-state index in [0.29, 0.717) is 51.5 Å². The number of nitrogens with two attached hydrogens (primary N) is 4. The number of carbonyl (C=O) groups is 11. The number of nitrogens with one attached hydrogen (secondary N) is 11. The lowest BCUT2D eigenvalue weighted by molar-refractivity contribution is -0.157. The maximum atomic E-state index is 14.3. The molecule has 16 atom stereocenters. The van der Waals surface area contributed by atoms with Gasteiger partial charge in [-0.05, 0) is 75.4 Å². The van der Waals surface area contributed by atoms with E-state index in [9.17, 15) is 57.8 Å². The molecule has 0 bridgehead atoms. The van der Waals surface area contributed by atoms with Crippen molar-refractivity contribution in [3.8, 4) is 0 Å². The fourth-order valence-electron chi connectivity index (χ4n) is 8.91. The Morgan fingerprint density at radius 3 is 1.50 bits per heavy atom. The predicted octanol–water partition coefficient (Wildman–Crippen LogP) is -4.21. The van der Waals surface area contributed by atoms with Crippen LogP contribution in [0, 0.1) is 23.7 Å². The molecule has 28 nitrogen and oxygen atoms in total. The average Bonchev–Trinajstić information content (AvgIpc) is 3.75. The Balaban J connectivity index is 2.35. The molecule has 1 heterocycles. The van der Waals surface area contributed by atoms with Crippen molar-refractivity contribution in [2.24, 2.45) is 46.6 Å². The number of amides is 10. The van der Waals surface area contributed by atoms with Crippen LogP contribution < -0.4 is 81.4 Å². The van der Waals surface area contributed by atoms with E-state index in [1.165, 1.54) is 6.92 Å². The molecule has 0 radical (unpaired) electrons. The van der Waals surface area contributed by atoms with Crippen LogP contribution in [-0.4, -0.2) is 183 Å². The van der Waals surface area contributed by atoms with E-state index in [2.05, 4.69) is 58.5 Å². The van der Waals surface area contributed by atoms with Crippen LogP contribution in [0.3, 0.4) is 0 Å². The molecule has 1 saturated heterocycles. The van der Waals surface area contributed by atoms with Gasteiger partial charge in [0.1, 0.15) is 66.5 Å². The van der Waals surface area contributed by atoms with Crippen LogP contribution in [0.2, 0.25) is 0 Å². The van der Waals surface area contributed by atoms with Crippen molar-refractivity contribution in [1.82, 2.24) is 58.5 Å². The molecule has 20 N–H and O–H groups in total. The summed E-state index contributed by atoms with van der Waals surface area (Å²) in [7, 11) is 1.61. The van der Waals surface area contributed by atoms with Crippen molar-refractivity contribution >= 4 is 65.0 Å². The molecule has 84 heavy (non-hydrogen) atoms. The number of aliphatic hydroxyl groups is 1. The summed E-state index contributed by atoms with van der Waals surface area (Å²) in [6.45, 7) is 13.0. The number of hydrogen-bond acceptors (Lipinski definition) is 18. The second-order valence-corrected chi connectivity index (χ2v) is 21.6. The van der Waals surface area contributed by atoms with E-state index in [0.717, 1.165) is 5.56 Å². The molecule has 1 aromatic carbocycles. The zero-order chi connectivity index (χ0) is 63.4. The monoisotopic (exact) mass is 1190 g/mol. The van der Waals surface area contributed by atoms with Gasteiger partial charge < -0.3 is 91.3 Å². The molecule has 0 spiro atoms. The summed E-state index contributed by atoms with van der Waals surface area (Å²) in [4.78, 5) is 153. The Kier molecular flexibility index (Phi) is 32.7. The number of aliphatic hydroxyl groups excluding tert-OH is 1. The maximum absolute atomic E-state index is 14.3. The predicted molar refractivity (Wildman–Crippen MR) is 313 cm³/mol. The van der Waals surface area contributed by atoms with Gasteiger partial charge in [-0.25, -0.2) is 4.79 Å². The summed E-state index contributed by atoms with van der Waals surface area (Å²) in [6, 6.07) is -5.54. The van der Waals surface area contributed by atoms with Gasteiger partial charge >= 0.3 is 5.97 Å². The summed E-state index contributed by atoms with van der Waals surface area (Å²) in [5.41, 5.74) is 24.5. The first kappa shape index (κ1) is 73.3. The highest BCUT2D eigenvalue weighted by Crippen LogP contribution is 2.17. The van der Waals surface area contributed by atoms with Gasteiger partial charge in [-0.1, -0.05) is 111 Å². The molecule has 28 heteroatoms. The number of esters is 1. The van der Waals surface area contributed by atoms with E-state index in [4.69, 9.17) is 27.7 Å². The Bertz CT molecular complexity index is 2340. The minimum Gasteiger partial charge on any atom is -0.458 e. The summed E-state index contributed by atoms with van der Waals surface area (Å²) >= 11 is 0. The molecule has 1 aliphatic heterocycles. The zero-order valence-electron chi connectivity index (χ0n) is 50.5. The summed E-state index contributed by atoms with van der Waals surface area (Å²) in [5, 5.41) is 39.0. The van der Waals surface area contributed by atoms with Crippen LogP contribution in [0.15, 0.2) is 30.3 Å². The molecule has 2 rings (SSSR count). The first-order chi connectivity index (χ1) is 39.8. The highest BCUT2D eigenvalue weighted by atomic mass is 16.5. The van der Waals surface area contributed by atoms with E-state index in [1.807, 2.05) is 37.3 Å². The van der Waals surface area contributed by atoms with Gasteiger partial charge in [-0.15, -0.1) is 0 Å². The van der Waals surface area contributed by atoms with E-state index < -0.39 is 188 Å². The van der Waals surface area contributed by atoms with Crippen LogP contribution in [0.1, 0.15) is 113 Å². The summed E-state index contributed by atoms with van der Waals surface area (Å²) in [6.07, 6.45) is 1.48. The lowest BCUT2D eigenvalue weighted by Gasteiger charge is -2.31. The van der Waals surface area contributed by atoms with E-state index in [-0.39, 0.29) is 6.42 Å². The molecule has 1 aromatic rings. The zero-order valence-corrected chi connectivity index (χ0v) is 50.5. The smallest absolute Gasteiger partial charge is 0.329 e. The molecule has 0 saturated carbocycles. The minimum absolute atomic E-state index is 0.147. The van der Waals surface area contributed by atoms with Crippen LogP contribution in [0.25, 0.3) is 0 Å². The number of hydrogen-bond donors (Lipinski definition) is 16. The quantitative estimate of drug-likeness (QED) is 0.0234. The summed E-state index contributed by atoms with van der Waals surface area (Å²) in [5.74, 6) is -11.5. The molecule has 1 fully saturated rings. The number of benzene rings is 1. The largest absolute Gasteiger partial charge is 0.458 e. The maximum Gasteiger partial charge on any atom is 0.329 e. The molecule has 10 amide bonds. The molecule has 1 aliphatic rings. The fraction of sp³-hybridized carbons (Fsp3) is 0.696. The summed E-state index contributed by atoms with van der Waals surface area (Å²) < 4.78 is 5.74. The first-order valence-electron chi connectivity index (χ1n) is 29.2. The number of unbranched alkanes of at least 4 members (excludes halogenated alkanes) is 1. The number of ether oxygens (including phenoxy) is 1. The third kappa shape index (κ3) is 22.3. The van der Waals surface area contributed by atoms with Gasteiger partial charge in [-0.3, -0.25) is 47.9 Å². The average molecular weight is 1190 g/mol. The molecule has 0 unspecified atom stereocenters. The fourth-order valence-corrected chi connectivity index (χ4v) is 8.91. The van der Waals surface area contributed by atoms with Gasteiger partial charge in [0, 0.05) is 19.6 Å².